The van der Waals surface area contributed by atoms with Gasteiger partial charge in [-0.1, -0.05) is 52.0 Å². The molecule has 0 heterocycles. The molecule has 0 spiro atoms. The van der Waals surface area contributed by atoms with Crippen LogP contribution in [0.5, 0.6) is 0 Å². The van der Waals surface area contributed by atoms with E-state index in [4.69, 9.17) is 0 Å². The minimum atomic E-state index is 0.406. The highest BCUT2D eigenvalue weighted by atomic mass is 15.1. The lowest BCUT2D eigenvalue weighted by Gasteiger charge is -2.26. The first-order valence-corrected chi connectivity index (χ1v) is 8.53. The number of hydrogen-bond acceptors (Lipinski definition) is 2. The molecule has 0 amide bonds. The van der Waals surface area contributed by atoms with E-state index < -0.39 is 0 Å². The summed E-state index contributed by atoms with van der Waals surface area (Å²) < 4.78 is 0. The van der Waals surface area contributed by atoms with E-state index in [2.05, 4.69) is 76.0 Å². The highest BCUT2D eigenvalue weighted by Crippen LogP contribution is 2.16. The Labute approximate surface area is 131 Å². The van der Waals surface area contributed by atoms with Gasteiger partial charge in [-0.25, -0.2) is 0 Å². The molecule has 0 saturated heterocycles. The van der Waals surface area contributed by atoms with E-state index in [0.717, 1.165) is 25.6 Å². The van der Waals surface area contributed by atoms with Crippen LogP contribution in [0, 0.1) is 5.92 Å². The van der Waals surface area contributed by atoms with Crippen LogP contribution in [-0.2, 0) is 6.42 Å². The van der Waals surface area contributed by atoms with Crippen molar-refractivity contribution in [1.29, 1.82) is 0 Å². The van der Waals surface area contributed by atoms with Crippen molar-refractivity contribution in [2.24, 2.45) is 5.92 Å². The van der Waals surface area contributed by atoms with Crippen molar-refractivity contribution in [3.63, 3.8) is 0 Å². The molecule has 120 valence electrons. The second kappa shape index (κ2) is 9.22. The van der Waals surface area contributed by atoms with E-state index in [1.54, 1.807) is 0 Å². The second-order valence-electron chi connectivity index (χ2n) is 6.61. The Morgan fingerprint density at radius 2 is 1.52 bits per heavy atom. The molecule has 1 rings (SSSR count). The number of rotatable bonds is 9. The monoisotopic (exact) mass is 290 g/mol. The third kappa shape index (κ3) is 6.62. The molecule has 0 saturated carbocycles. The van der Waals surface area contributed by atoms with Crippen molar-refractivity contribution in [3.05, 3.63) is 35.4 Å². The maximum Gasteiger partial charge on any atom is 0.0294 e. The van der Waals surface area contributed by atoms with Gasteiger partial charge in [0.2, 0.25) is 0 Å². The first-order chi connectivity index (χ1) is 9.96. The van der Waals surface area contributed by atoms with Gasteiger partial charge in [0.05, 0.1) is 0 Å². The zero-order valence-corrected chi connectivity index (χ0v) is 14.8. The summed E-state index contributed by atoms with van der Waals surface area (Å²) >= 11 is 0. The van der Waals surface area contributed by atoms with Crippen molar-refractivity contribution < 1.29 is 0 Å². The number of hydrogen-bond donors (Lipinski definition) is 1. The number of nitrogens with zero attached hydrogens (tertiary/aromatic N) is 1. The van der Waals surface area contributed by atoms with Crippen molar-refractivity contribution in [3.8, 4) is 0 Å². The molecule has 21 heavy (non-hydrogen) atoms. The molecule has 0 aliphatic heterocycles. The summed E-state index contributed by atoms with van der Waals surface area (Å²) in [6.07, 6.45) is 1.17. The molecular weight excluding hydrogens is 256 g/mol. The smallest absolute Gasteiger partial charge is 0.0294 e. The largest absolute Gasteiger partial charge is 0.306 e. The van der Waals surface area contributed by atoms with Crippen LogP contribution in [-0.4, -0.2) is 30.6 Å². The van der Waals surface area contributed by atoms with E-state index in [1.807, 2.05) is 0 Å². The van der Waals surface area contributed by atoms with Crippen LogP contribution in [0.25, 0.3) is 0 Å². The zero-order valence-electron chi connectivity index (χ0n) is 14.8. The minimum absolute atomic E-state index is 0.406. The third-order valence-electron chi connectivity index (χ3n) is 4.08. The van der Waals surface area contributed by atoms with Crippen LogP contribution < -0.4 is 5.32 Å². The lowest BCUT2D eigenvalue weighted by Crippen LogP contribution is -2.40. The summed E-state index contributed by atoms with van der Waals surface area (Å²) in [6, 6.07) is 10.0. The first-order valence-electron chi connectivity index (χ1n) is 8.53. The van der Waals surface area contributed by atoms with E-state index in [9.17, 15) is 0 Å². The van der Waals surface area contributed by atoms with Crippen molar-refractivity contribution in [2.45, 2.75) is 60.0 Å². The fourth-order valence-corrected chi connectivity index (χ4v) is 2.86. The maximum atomic E-state index is 3.71. The molecular formula is C19H34N2. The Hall–Kier alpha value is -0.860. The predicted octanol–water partition coefficient (Wildman–Crippen LogP) is 4.27. The van der Waals surface area contributed by atoms with Gasteiger partial charge in [-0.3, -0.25) is 0 Å². The fraction of sp³-hybridized carbons (Fsp3) is 0.684. The van der Waals surface area contributed by atoms with Gasteiger partial charge in [0, 0.05) is 18.6 Å². The Morgan fingerprint density at radius 1 is 0.952 bits per heavy atom. The van der Waals surface area contributed by atoms with Gasteiger partial charge < -0.3 is 10.2 Å². The summed E-state index contributed by atoms with van der Waals surface area (Å²) in [5.74, 6) is 0.723. The highest BCUT2D eigenvalue weighted by Gasteiger charge is 2.12. The van der Waals surface area contributed by atoms with Gasteiger partial charge in [-0.05, 0) is 50.4 Å². The molecule has 2 nitrogen and oxygen atoms in total. The van der Waals surface area contributed by atoms with E-state index in [1.165, 1.54) is 17.5 Å². The molecule has 1 aromatic rings. The van der Waals surface area contributed by atoms with Crippen LogP contribution in [0.1, 0.15) is 58.7 Å². The molecule has 0 bridgehead atoms. The van der Waals surface area contributed by atoms with E-state index >= 15 is 0 Å². The van der Waals surface area contributed by atoms with Crippen LogP contribution in [0.15, 0.2) is 24.3 Å². The number of likely N-dealkylation sites (N-methyl/N-ethyl adjacent to an activating group) is 1. The van der Waals surface area contributed by atoms with Gasteiger partial charge in [-0.2, -0.15) is 0 Å². The van der Waals surface area contributed by atoms with Crippen LogP contribution in [0.4, 0.5) is 0 Å². The average molecular weight is 290 g/mol. The Kier molecular flexibility index (Phi) is 7.98. The molecule has 0 aliphatic rings. The van der Waals surface area contributed by atoms with Crippen LogP contribution >= 0.6 is 0 Å². The van der Waals surface area contributed by atoms with Gasteiger partial charge in [0.15, 0.2) is 0 Å². The topological polar surface area (TPSA) is 15.3 Å². The minimum Gasteiger partial charge on any atom is -0.306 e. The van der Waals surface area contributed by atoms with Gasteiger partial charge in [-0.15, -0.1) is 0 Å². The van der Waals surface area contributed by atoms with Crippen LogP contribution in [0.3, 0.4) is 0 Å². The Morgan fingerprint density at radius 3 is 2.00 bits per heavy atom. The standard InChI is InChI=1S/C19H34N2/c1-7-21(8-2)14-16(5)20-17(6)19-11-9-18(10-12-19)13-15(3)4/h9-12,15-17,20H,7-8,13-14H2,1-6H3. The molecule has 2 heteroatoms. The lowest BCUT2D eigenvalue weighted by atomic mass is 9.99. The van der Waals surface area contributed by atoms with Crippen LogP contribution in [0.2, 0.25) is 0 Å². The summed E-state index contributed by atoms with van der Waals surface area (Å²) in [7, 11) is 0. The molecule has 1 aromatic carbocycles. The zero-order chi connectivity index (χ0) is 15.8. The summed E-state index contributed by atoms with van der Waals surface area (Å²) in [5.41, 5.74) is 2.83. The molecule has 0 fully saturated rings. The Balaban J connectivity index is 2.52. The quantitative estimate of drug-likeness (QED) is 0.731. The molecule has 0 radical (unpaired) electrons. The molecule has 0 aliphatic carbocycles. The molecule has 0 aromatic heterocycles. The average Bonchev–Trinajstić information content (AvgIpc) is 2.44. The molecule has 1 N–H and O–H groups in total. The fourth-order valence-electron chi connectivity index (χ4n) is 2.86. The number of benzene rings is 1. The summed E-state index contributed by atoms with van der Waals surface area (Å²) in [4.78, 5) is 2.47. The highest BCUT2D eigenvalue weighted by molar-refractivity contribution is 5.25. The van der Waals surface area contributed by atoms with Crippen molar-refractivity contribution >= 4 is 0 Å². The Bertz CT molecular complexity index is 379. The third-order valence-corrected chi connectivity index (χ3v) is 4.08. The summed E-state index contributed by atoms with van der Waals surface area (Å²) in [5, 5.41) is 3.71. The van der Waals surface area contributed by atoms with Gasteiger partial charge in [0.25, 0.3) is 0 Å². The summed E-state index contributed by atoms with van der Waals surface area (Å²) in [6.45, 7) is 16.9. The molecule has 2 unspecified atom stereocenters. The lowest BCUT2D eigenvalue weighted by molar-refractivity contribution is 0.264. The normalized spacial score (nSPS) is 14.7. The van der Waals surface area contributed by atoms with Gasteiger partial charge >= 0.3 is 0 Å². The first kappa shape index (κ1) is 18.2. The maximum absolute atomic E-state index is 3.71. The number of nitrogens with one attached hydrogen (secondary N) is 1. The molecule has 2 atom stereocenters. The van der Waals surface area contributed by atoms with Crippen molar-refractivity contribution in [2.75, 3.05) is 19.6 Å². The SMILES string of the molecule is CCN(CC)CC(C)NC(C)c1ccc(CC(C)C)cc1. The predicted molar refractivity (Wildman–Crippen MR) is 93.8 cm³/mol. The second-order valence-corrected chi connectivity index (χ2v) is 6.61. The van der Waals surface area contributed by atoms with Crippen molar-refractivity contribution in [1.82, 2.24) is 10.2 Å². The van der Waals surface area contributed by atoms with E-state index in [0.29, 0.717) is 12.1 Å². The van der Waals surface area contributed by atoms with E-state index in [-0.39, 0.29) is 0 Å². The van der Waals surface area contributed by atoms with Gasteiger partial charge in [0.1, 0.15) is 0 Å².